The number of hydrogen-bond donors (Lipinski definition) is 1. The van der Waals surface area contributed by atoms with Crippen LogP contribution in [0.15, 0.2) is 29.2 Å². The molecule has 1 atom stereocenters. The SMILES string of the molecule is CC(C1CC1)N(C)C(=O)c1cccc(S(=O)(=O)NC2CC2)c1. The number of amides is 1. The van der Waals surface area contributed by atoms with Crippen LogP contribution in [0, 0.1) is 5.92 Å². The highest BCUT2D eigenvalue weighted by Crippen LogP contribution is 2.35. The highest BCUT2D eigenvalue weighted by Gasteiger charge is 2.33. The topological polar surface area (TPSA) is 66.5 Å². The van der Waals surface area contributed by atoms with Crippen molar-refractivity contribution in [3.63, 3.8) is 0 Å². The van der Waals surface area contributed by atoms with E-state index in [1.54, 1.807) is 24.1 Å². The minimum Gasteiger partial charge on any atom is -0.339 e. The first-order chi connectivity index (χ1) is 10.4. The van der Waals surface area contributed by atoms with Crippen LogP contribution in [0.4, 0.5) is 0 Å². The lowest BCUT2D eigenvalue weighted by molar-refractivity contribution is 0.0727. The molecule has 5 nitrogen and oxygen atoms in total. The lowest BCUT2D eigenvalue weighted by Gasteiger charge is -2.25. The average Bonchev–Trinajstić information content (AvgIpc) is 3.38. The smallest absolute Gasteiger partial charge is 0.253 e. The molecule has 0 aliphatic heterocycles. The van der Waals surface area contributed by atoms with Gasteiger partial charge in [-0.1, -0.05) is 6.07 Å². The Labute approximate surface area is 131 Å². The third kappa shape index (κ3) is 3.33. The first-order valence-electron chi connectivity index (χ1n) is 7.78. The van der Waals surface area contributed by atoms with Crippen molar-refractivity contribution in [2.75, 3.05) is 7.05 Å². The fourth-order valence-electron chi connectivity index (χ4n) is 2.57. The molecule has 0 radical (unpaired) electrons. The van der Waals surface area contributed by atoms with Gasteiger partial charge in [0.15, 0.2) is 0 Å². The second-order valence-electron chi connectivity index (χ2n) is 6.42. The van der Waals surface area contributed by atoms with Gasteiger partial charge in [-0.25, -0.2) is 13.1 Å². The van der Waals surface area contributed by atoms with Crippen LogP contribution in [0.1, 0.15) is 43.0 Å². The molecule has 2 saturated carbocycles. The van der Waals surface area contributed by atoms with Crippen LogP contribution in [0.25, 0.3) is 0 Å². The molecule has 0 heterocycles. The molecule has 0 bridgehead atoms. The summed E-state index contributed by atoms with van der Waals surface area (Å²) in [6.45, 7) is 2.05. The van der Waals surface area contributed by atoms with Crippen LogP contribution in [0.2, 0.25) is 0 Å². The molecule has 2 aliphatic rings. The summed E-state index contributed by atoms with van der Waals surface area (Å²) in [5, 5.41) is 0. The second kappa shape index (κ2) is 5.66. The largest absolute Gasteiger partial charge is 0.339 e. The van der Waals surface area contributed by atoms with E-state index in [0.717, 1.165) is 12.8 Å². The van der Waals surface area contributed by atoms with Gasteiger partial charge in [0, 0.05) is 24.7 Å². The van der Waals surface area contributed by atoms with E-state index in [9.17, 15) is 13.2 Å². The lowest BCUT2D eigenvalue weighted by Crippen LogP contribution is -2.36. The Morgan fingerprint density at radius 2 is 1.95 bits per heavy atom. The lowest BCUT2D eigenvalue weighted by atomic mass is 10.1. The van der Waals surface area contributed by atoms with Crippen molar-refractivity contribution in [2.24, 2.45) is 5.92 Å². The Hall–Kier alpha value is -1.40. The van der Waals surface area contributed by atoms with Gasteiger partial charge >= 0.3 is 0 Å². The summed E-state index contributed by atoms with van der Waals surface area (Å²) in [6.07, 6.45) is 4.11. The van der Waals surface area contributed by atoms with Crippen molar-refractivity contribution in [1.29, 1.82) is 0 Å². The highest BCUT2D eigenvalue weighted by atomic mass is 32.2. The van der Waals surface area contributed by atoms with E-state index in [2.05, 4.69) is 4.72 Å². The molecule has 1 unspecified atom stereocenters. The van der Waals surface area contributed by atoms with Crippen molar-refractivity contribution >= 4 is 15.9 Å². The summed E-state index contributed by atoms with van der Waals surface area (Å²) in [4.78, 5) is 14.4. The van der Waals surface area contributed by atoms with Crippen LogP contribution in [-0.2, 0) is 10.0 Å². The molecule has 0 spiro atoms. The summed E-state index contributed by atoms with van der Waals surface area (Å²) in [5.74, 6) is 0.459. The summed E-state index contributed by atoms with van der Waals surface area (Å²) < 4.78 is 27.1. The minimum absolute atomic E-state index is 0.0573. The molecule has 1 aromatic carbocycles. The molecule has 1 N–H and O–H groups in total. The zero-order valence-electron chi connectivity index (χ0n) is 13.0. The summed E-state index contributed by atoms with van der Waals surface area (Å²) in [5.41, 5.74) is 0.425. The summed E-state index contributed by atoms with van der Waals surface area (Å²) >= 11 is 0. The number of hydrogen-bond acceptors (Lipinski definition) is 3. The van der Waals surface area contributed by atoms with Crippen molar-refractivity contribution in [2.45, 2.75) is 49.6 Å². The molecule has 120 valence electrons. The van der Waals surface area contributed by atoms with E-state index in [-0.39, 0.29) is 22.9 Å². The van der Waals surface area contributed by atoms with E-state index in [1.165, 1.54) is 25.0 Å². The normalized spacial score (nSPS) is 19.7. The number of rotatable bonds is 6. The van der Waals surface area contributed by atoms with E-state index >= 15 is 0 Å². The van der Waals surface area contributed by atoms with Crippen molar-refractivity contribution in [3.8, 4) is 0 Å². The fraction of sp³-hybridized carbons (Fsp3) is 0.562. The molecule has 22 heavy (non-hydrogen) atoms. The van der Waals surface area contributed by atoms with Crippen LogP contribution in [-0.4, -0.2) is 38.4 Å². The summed E-state index contributed by atoms with van der Waals surface area (Å²) in [6, 6.07) is 6.56. The van der Waals surface area contributed by atoms with E-state index in [0.29, 0.717) is 11.5 Å². The maximum absolute atomic E-state index is 12.5. The van der Waals surface area contributed by atoms with Gasteiger partial charge in [0.05, 0.1) is 4.90 Å². The molecule has 0 saturated heterocycles. The van der Waals surface area contributed by atoms with E-state index in [1.807, 2.05) is 6.92 Å². The second-order valence-corrected chi connectivity index (χ2v) is 8.13. The Kier molecular flexibility index (Phi) is 3.99. The third-order valence-electron chi connectivity index (χ3n) is 4.53. The van der Waals surface area contributed by atoms with Crippen molar-refractivity contribution in [1.82, 2.24) is 9.62 Å². The Morgan fingerprint density at radius 1 is 1.27 bits per heavy atom. The Bertz CT molecular complexity index is 678. The Balaban J connectivity index is 1.79. The van der Waals surface area contributed by atoms with Gasteiger partial charge in [0.25, 0.3) is 5.91 Å². The predicted molar refractivity (Wildman–Crippen MR) is 84.1 cm³/mol. The molecular weight excluding hydrogens is 300 g/mol. The fourth-order valence-corrected chi connectivity index (χ4v) is 3.92. The number of nitrogens with zero attached hydrogens (tertiary/aromatic N) is 1. The average molecular weight is 322 g/mol. The molecule has 2 aliphatic carbocycles. The number of carbonyl (C=O) groups is 1. The molecule has 3 rings (SSSR count). The quantitative estimate of drug-likeness (QED) is 0.871. The van der Waals surface area contributed by atoms with Gasteiger partial charge in [0.2, 0.25) is 10.0 Å². The maximum atomic E-state index is 12.5. The van der Waals surface area contributed by atoms with Crippen LogP contribution in [0.3, 0.4) is 0 Å². The van der Waals surface area contributed by atoms with E-state index < -0.39 is 10.0 Å². The molecule has 6 heteroatoms. The van der Waals surface area contributed by atoms with Crippen LogP contribution in [0.5, 0.6) is 0 Å². The standard InChI is InChI=1S/C16H22N2O3S/c1-11(12-6-7-12)18(2)16(19)13-4-3-5-15(10-13)22(20,21)17-14-8-9-14/h3-5,10-12,14,17H,6-9H2,1-2H3. The van der Waals surface area contributed by atoms with Gasteiger partial charge in [-0.05, 0) is 56.7 Å². The monoisotopic (exact) mass is 322 g/mol. The van der Waals surface area contributed by atoms with Gasteiger partial charge in [-0.3, -0.25) is 4.79 Å². The maximum Gasteiger partial charge on any atom is 0.253 e. The predicted octanol–water partition coefficient (Wildman–Crippen LogP) is 2.00. The first-order valence-corrected chi connectivity index (χ1v) is 9.26. The number of sulfonamides is 1. The van der Waals surface area contributed by atoms with Gasteiger partial charge in [-0.15, -0.1) is 0 Å². The Morgan fingerprint density at radius 3 is 2.55 bits per heavy atom. The zero-order valence-corrected chi connectivity index (χ0v) is 13.8. The van der Waals surface area contributed by atoms with Crippen molar-refractivity contribution in [3.05, 3.63) is 29.8 Å². The number of benzene rings is 1. The van der Waals surface area contributed by atoms with Gasteiger partial charge in [-0.2, -0.15) is 0 Å². The third-order valence-corrected chi connectivity index (χ3v) is 6.04. The minimum atomic E-state index is -3.52. The van der Waals surface area contributed by atoms with Gasteiger partial charge in [0.1, 0.15) is 0 Å². The number of nitrogens with one attached hydrogen (secondary N) is 1. The first kappa shape index (κ1) is 15.5. The molecule has 1 aromatic rings. The zero-order chi connectivity index (χ0) is 15.9. The van der Waals surface area contributed by atoms with Gasteiger partial charge < -0.3 is 4.90 Å². The molecule has 2 fully saturated rings. The van der Waals surface area contributed by atoms with Crippen molar-refractivity contribution < 1.29 is 13.2 Å². The molecule has 1 amide bonds. The van der Waals surface area contributed by atoms with Crippen LogP contribution >= 0.6 is 0 Å². The highest BCUT2D eigenvalue weighted by molar-refractivity contribution is 7.89. The van der Waals surface area contributed by atoms with Crippen LogP contribution < -0.4 is 4.72 Å². The number of carbonyl (C=O) groups excluding carboxylic acids is 1. The van der Waals surface area contributed by atoms with E-state index in [4.69, 9.17) is 0 Å². The summed E-state index contributed by atoms with van der Waals surface area (Å²) in [7, 11) is -1.74. The molecular formula is C16H22N2O3S. The molecule has 0 aromatic heterocycles.